The predicted molar refractivity (Wildman–Crippen MR) is 135 cm³/mol. The number of alkyl halides is 4. The van der Waals surface area contributed by atoms with Crippen molar-refractivity contribution in [1.82, 2.24) is 20.5 Å². The van der Waals surface area contributed by atoms with E-state index in [0.717, 1.165) is 50.0 Å². The van der Waals surface area contributed by atoms with Crippen LogP contribution in [-0.4, -0.2) is 53.9 Å². The number of aromatic nitrogens is 1. The van der Waals surface area contributed by atoms with Gasteiger partial charge in [-0.1, -0.05) is 18.2 Å². The largest absolute Gasteiger partial charge is 0.449 e. The minimum atomic E-state index is -4.41. The van der Waals surface area contributed by atoms with Gasteiger partial charge in [0.05, 0.1) is 17.9 Å². The van der Waals surface area contributed by atoms with E-state index in [-0.39, 0.29) is 18.5 Å². The van der Waals surface area contributed by atoms with Crippen LogP contribution in [0.15, 0.2) is 67.1 Å². The summed E-state index contributed by atoms with van der Waals surface area (Å²) in [5.74, 6) is 0.501. The van der Waals surface area contributed by atoms with Gasteiger partial charge in [-0.15, -0.1) is 0 Å². The van der Waals surface area contributed by atoms with Crippen molar-refractivity contribution in [3.63, 3.8) is 0 Å². The highest BCUT2D eigenvalue weighted by Crippen LogP contribution is 2.41. The molecule has 1 amide bonds. The molecule has 1 aromatic heterocycles. The molecular formula is C28H30F4N4O2. The van der Waals surface area contributed by atoms with E-state index in [9.17, 15) is 18.0 Å². The Morgan fingerprint density at radius 2 is 1.92 bits per heavy atom. The number of ether oxygens (including phenoxy) is 1. The lowest BCUT2D eigenvalue weighted by molar-refractivity contribution is -0.137. The van der Waals surface area contributed by atoms with Crippen LogP contribution in [0.4, 0.5) is 22.4 Å². The van der Waals surface area contributed by atoms with Gasteiger partial charge in [-0.2, -0.15) is 13.2 Å². The van der Waals surface area contributed by atoms with E-state index in [2.05, 4.69) is 15.6 Å². The quantitative estimate of drug-likeness (QED) is 0.470. The minimum Gasteiger partial charge on any atom is -0.449 e. The van der Waals surface area contributed by atoms with Crippen LogP contribution in [0.5, 0.6) is 0 Å². The molecule has 202 valence electrons. The Kier molecular flexibility index (Phi) is 7.54. The van der Waals surface area contributed by atoms with E-state index in [0.29, 0.717) is 23.8 Å². The summed E-state index contributed by atoms with van der Waals surface area (Å²) in [5, 5.41) is 6.50. The molecule has 2 unspecified atom stereocenters. The maximum atomic E-state index is 15.2. The van der Waals surface area contributed by atoms with Crippen LogP contribution in [0, 0.1) is 5.92 Å². The summed E-state index contributed by atoms with van der Waals surface area (Å²) in [7, 11) is 0. The van der Waals surface area contributed by atoms with Crippen LogP contribution in [0.25, 0.3) is 11.3 Å². The monoisotopic (exact) mass is 530 g/mol. The number of carbonyl (C=O) groups is 1. The molecule has 1 saturated heterocycles. The predicted octanol–water partition coefficient (Wildman–Crippen LogP) is 5.40. The first kappa shape index (κ1) is 26.4. The molecule has 3 aliphatic rings. The molecule has 0 spiro atoms. The summed E-state index contributed by atoms with van der Waals surface area (Å²) < 4.78 is 59.6. The number of nitrogens with one attached hydrogen (secondary N) is 2. The van der Waals surface area contributed by atoms with Gasteiger partial charge in [0.15, 0.2) is 5.67 Å². The van der Waals surface area contributed by atoms with E-state index >= 15 is 4.39 Å². The lowest BCUT2D eigenvalue weighted by atomic mass is 9.99. The van der Waals surface area contributed by atoms with Crippen molar-refractivity contribution in [3.8, 4) is 11.3 Å². The molecule has 2 N–H and O–H groups in total. The molecule has 2 aromatic rings. The number of piperidine rings is 1. The number of halogens is 4. The van der Waals surface area contributed by atoms with Gasteiger partial charge in [0.2, 0.25) is 0 Å². The molecule has 6 nitrogen and oxygen atoms in total. The van der Waals surface area contributed by atoms with Gasteiger partial charge >= 0.3 is 12.3 Å². The fraction of sp³-hybridized carbons (Fsp3) is 0.429. The first-order valence-electron chi connectivity index (χ1n) is 12.8. The van der Waals surface area contributed by atoms with E-state index in [4.69, 9.17) is 4.74 Å². The molecule has 38 heavy (non-hydrogen) atoms. The fourth-order valence-corrected chi connectivity index (χ4v) is 4.79. The van der Waals surface area contributed by atoms with Crippen molar-refractivity contribution in [2.45, 2.75) is 43.1 Å². The standard InChI is InChI=1S/C28H30F4N4O2/c29-27(8-12-36(13-9-27)26(37)38-17-19-6-10-33-11-7-19)18-35-25-15-23(25)21-4-5-24(34-16-21)20-2-1-3-22(14-20)28(30,31)32/h1-5,8-9,12-14,16,19,23,25,33,35H,6-7,10-11,15,17-18H2. The number of amides is 1. The Balaban J connectivity index is 1.09. The van der Waals surface area contributed by atoms with Crippen molar-refractivity contribution in [2.75, 3.05) is 26.2 Å². The van der Waals surface area contributed by atoms with Crippen molar-refractivity contribution in [2.24, 2.45) is 5.92 Å². The molecule has 2 fully saturated rings. The zero-order valence-electron chi connectivity index (χ0n) is 20.8. The van der Waals surface area contributed by atoms with Gasteiger partial charge in [0.25, 0.3) is 0 Å². The maximum Gasteiger partial charge on any atom is 0.417 e. The topological polar surface area (TPSA) is 66.5 Å². The van der Waals surface area contributed by atoms with Crippen LogP contribution < -0.4 is 10.6 Å². The van der Waals surface area contributed by atoms with Crippen molar-refractivity contribution >= 4 is 6.09 Å². The third kappa shape index (κ3) is 6.42. The summed E-state index contributed by atoms with van der Waals surface area (Å²) in [6.45, 7) is 2.26. The van der Waals surface area contributed by atoms with Crippen molar-refractivity contribution in [1.29, 1.82) is 0 Å². The van der Waals surface area contributed by atoms with Gasteiger partial charge in [-0.3, -0.25) is 9.88 Å². The molecule has 5 rings (SSSR count). The Hall–Kier alpha value is -3.24. The zero-order chi connectivity index (χ0) is 26.8. The molecule has 0 radical (unpaired) electrons. The summed E-state index contributed by atoms with van der Waals surface area (Å²) in [4.78, 5) is 17.9. The third-order valence-corrected chi connectivity index (χ3v) is 7.26. The first-order valence-corrected chi connectivity index (χ1v) is 12.8. The lowest BCUT2D eigenvalue weighted by Crippen LogP contribution is -2.38. The summed E-state index contributed by atoms with van der Waals surface area (Å²) in [6.07, 6.45) is 4.96. The van der Waals surface area contributed by atoms with Crippen LogP contribution >= 0.6 is 0 Å². The average Bonchev–Trinajstić information content (AvgIpc) is 3.71. The average molecular weight is 531 g/mol. The van der Waals surface area contributed by atoms with Gasteiger partial charge in [0.1, 0.15) is 0 Å². The van der Waals surface area contributed by atoms with E-state index in [1.54, 1.807) is 18.3 Å². The molecule has 2 atom stereocenters. The number of nitrogens with zero attached hydrogens (tertiary/aromatic N) is 2. The fourth-order valence-electron chi connectivity index (χ4n) is 4.79. The number of hydrogen-bond acceptors (Lipinski definition) is 5. The summed E-state index contributed by atoms with van der Waals surface area (Å²) >= 11 is 0. The molecule has 3 heterocycles. The highest BCUT2D eigenvalue weighted by Gasteiger charge is 2.40. The maximum absolute atomic E-state index is 15.2. The van der Waals surface area contributed by atoms with E-state index < -0.39 is 23.5 Å². The SMILES string of the molecule is O=C(OCC1CCNCC1)N1C=CC(F)(CNC2CC2c2ccc(-c3cccc(C(F)(F)F)c3)nc2)C=C1. The van der Waals surface area contributed by atoms with Crippen LogP contribution in [0.1, 0.15) is 36.3 Å². The molecule has 1 aliphatic carbocycles. The minimum absolute atomic E-state index is 0.0505. The molecule has 10 heteroatoms. The van der Waals surface area contributed by atoms with Crippen molar-refractivity contribution in [3.05, 3.63) is 78.3 Å². The van der Waals surface area contributed by atoms with Gasteiger partial charge in [0, 0.05) is 42.7 Å². The van der Waals surface area contributed by atoms with Crippen LogP contribution in [0.2, 0.25) is 0 Å². The lowest BCUT2D eigenvalue weighted by Gasteiger charge is -2.26. The van der Waals surface area contributed by atoms with Gasteiger partial charge < -0.3 is 15.4 Å². The molecule has 1 aromatic carbocycles. The molecule has 2 aliphatic heterocycles. The van der Waals surface area contributed by atoms with E-state index in [1.165, 1.54) is 35.5 Å². The molecule has 0 bridgehead atoms. The second-order valence-electron chi connectivity index (χ2n) is 10.1. The molecule has 1 saturated carbocycles. The number of carbonyl (C=O) groups excluding carboxylic acids is 1. The normalized spacial score (nSPS) is 22.9. The van der Waals surface area contributed by atoms with Crippen LogP contribution in [0.3, 0.4) is 0 Å². The Labute approximate surface area is 218 Å². The molecular weight excluding hydrogens is 500 g/mol. The highest BCUT2D eigenvalue weighted by molar-refractivity contribution is 5.70. The number of hydrogen-bond donors (Lipinski definition) is 2. The van der Waals surface area contributed by atoms with Gasteiger partial charge in [-0.25, -0.2) is 9.18 Å². The smallest absolute Gasteiger partial charge is 0.417 e. The second kappa shape index (κ2) is 10.9. The number of pyridine rings is 1. The Morgan fingerprint density at radius 3 is 2.61 bits per heavy atom. The number of rotatable bonds is 7. The van der Waals surface area contributed by atoms with Gasteiger partial charge in [-0.05, 0) is 74.2 Å². The Morgan fingerprint density at radius 1 is 1.16 bits per heavy atom. The van der Waals surface area contributed by atoms with E-state index in [1.807, 2.05) is 6.07 Å². The third-order valence-electron chi connectivity index (χ3n) is 7.26. The summed E-state index contributed by atoms with van der Waals surface area (Å²) in [6, 6.07) is 8.72. The highest BCUT2D eigenvalue weighted by atomic mass is 19.4. The Bertz CT molecular complexity index is 1180. The number of benzene rings is 1. The van der Waals surface area contributed by atoms with Crippen molar-refractivity contribution < 1.29 is 27.1 Å². The van der Waals surface area contributed by atoms with Crippen LogP contribution in [-0.2, 0) is 10.9 Å². The first-order chi connectivity index (χ1) is 18.2. The zero-order valence-corrected chi connectivity index (χ0v) is 20.8. The summed E-state index contributed by atoms with van der Waals surface area (Å²) in [5.41, 5.74) is -0.635. The second-order valence-corrected chi connectivity index (χ2v) is 10.1.